The van der Waals surface area contributed by atoms with Crippen LogP contribution in [0.1, 0.15) is 18.4 Å². The van der Waals surface area contributed by atoms with E-state index in [1.54, 1.807) is 0 Å². The van der Waals surface area contributed by atoms with Gasteiger partial charge in [-0.3, -0.25) is 0 Å². The van der Waals surface area contributed by atoms with Crippen molar-refractivity contribution in [3.8, 4) is 0 Å². The second-order valence-corrected chi connectivity index (χ2v) is 4.28. The summed E-state index contributed by atoms with van der Waals surface area (Å²) >= 11 is 3.03. The zero-order valence-corrected chi connectivity index (χ0v) is 9.14. The van der Waals surface area contributed by atoms with Crippen LogP contribution in [0.15, 0.2) is 21.6 Å². The molecule has 0 aromatic heterocycles. The first-order chi connectivity index (χ1) is 7.09. The van der Waals surface area contributed by atoms with E-state index in [1.807, 2.05) is 0 Å². The van der Waals surface area contributed by atoms with Crippen molar-refractivity contribution in [3.63, 3.8) is 0 Å². The number of benzene rings is 1. The van der Waals surface area contributed by atoms with E-state index in [0.29, 0.717) is 18.4 Å². The Morgan fingerprint density at radius 2 is 2.07 bits per heavy atom. The van der Waals surface area contributed by atoms with Crippen molar-refractivity contribution >= 4 is 22.0 Å². The van der Waals surface area contributed by atoms with Crippen LogP contribution in [0.3, 0.4) is 0 Å². The van der Waals surface area contributed by atoms with Gasteiger partial charge in [-0.2, -0.15) is 4.99 Å². The minimum Gasteiger partial charge on any atom is -0.211 e. The van der Waals surface area contributed by atoms with Crippen LogP contribution < -0.4 is 0 Å². The number of aliphatic imine (C=N–C) groups is 1. The molecule has 1 aliphatic carbocycles. The summed E-state index contributed by atoms with van der Waals surface area (Å²) in [6.07, 6.45) is 2.67. The average Bonchev–Trinajstić information content (AvgIpc) is 2.93. The molecule has 5 heteroatoms. The molecule has 2 nitrogen and oxygen atoms in total. The lowest BCUT2D eigenvalue weighted by Gasteiger charge is -2.11. The zero-order valence-electron chi connectivity index (χ0n) is 7.56. The highest BCUT2D eigenvalue weighted by molar-refractivity contribution is 9.10. The van der Waals surface area contributed by atoms with Crippen LogP contribution in [0.4, 0.5) is 8.78 Å². The van der Waals surface area contributed by atoms with Gasteiger partial charge in [0, 0.05) is 11.6 Å². The smallest absolute Gasteiger partial charge is 0.211 e. The summed E-state index contributed by atoms with van der Waals surface area (Å²) in [6, 6.07) is 1.98. The maximum absolute atomic E-state index is 13.2. The van der Waals surface area contributed by atoms with Crippen molar-refractivity contribution < 1.29 is 13.6 Å². The van der Waals surface area contributed by atoms with E-state index in [-0.39, 0.29) is 4.47 Å². The number of hydrogen-bond acceptors (Lipinski definition) is 2. The Hall–Kier alpha value is -1.06. The first kappa shape index (κ1) is 10.5. The second-order valence-electron chi connectivity index (χ2n) is 3.48. The maximum atomic E-state index is 13.2. The molecule has 0 radical (unpaired) electrons. The van der Waals surface area contributed by atoms with Crippen LogP contribution in [-0.2, 0) is 10.3 Å². The Morgan fingerprint density at radius 3 is 2.60 bits per heavy atom. The van der Waals surface area contributed by atoms with Gasteiger partial charge in [-0.25, -0.2) is 13.6 Å². The number of isocyanates is 1. The van der Waals surface area contributed by atoms with E-state index >= 15 is 0 Å². The van der Waals surface area contributed by atoms with Crippen LogP contribution in [-0.4, -0.2) is 6.08 Å². The Kier molecular flexibility index (Phi) is 2.44. The summed E-state index contributed by atoms with van der Waals surface area (Å²) < 4.78 is 26.4. The van der Waals surface area contributed by atoms with Crippen LogP contribution in [0.5, 0.6) is 0 Å². The number of halogens is 3. The maximum Gasteiger partial charge on any atom is 0.235 e. The fraction of sp³-hybridized carbons (Fsp3) is 0.300. The molecular formula is C10H6BrF2NO. The monoisotopic (exact) mass is 273 g/mol. The first-order valence-electron chi connectivity index (χ1n) is 4.33. The summed E-state index contributed by atoms with van der Waals surface area (Å²) in [5.41, 5.74) is -0.382. The molecular weight excluding hydrogens is 268 g/mol. The standard InChI is InChI=1S/C10H6BrF2NO/c11-9-7(3-6(12)4-8(9)13)10(1-2-10)14-5-15/h3-4H,1-2H2. The molecule has 1 aromatic carbocycles. The summed E-state index contributed by atoms with van der Waals surface area (Å²) in [4.78, 5) is 13.8. The minimum atomic E-state index is -0.760. The van der Waals surface area contributed by atoms with Crippen molar-refractivity contribution in [2.45, 2.75) is 18.4 Å². The van der Waals surface area contributed by atoms with E-state index < -0.39 is 17.2 Å². The van der Waals surface area contributed by atoms with E-state index in [4.69, 9.17) is 0 Å². The lowest BCUT2D eigenvalue weighted by atomic mass is 10.1. The Bertz CT molecular complexity index is 465. The molecule has 15 heavy (non-hydrogen) atoms. The van der Waals surface area contributed by atoms with Crippen molar-refractivity contribution in [1.29, 1.82) is 0 Å². The third-order valence-electron chi connectivity index (χ3n) is 2.48. The number of rotatable bonds is 2. The van der Waals surface area contributed by atoms with E-state index in [2.05, 4.69) is 20.9 Å². The highest BCUT2D eigenvalue weighted by Crippen LogP contribution is 2.51. The van der Waals surface area contributed by atoms with Gasteiger partial charge in [0.05, 0.1) is 10.0 Å². The molecule has 78 valence electrons. The van der Waals surface area contributed by atoms with Gasteiger partial charge < -0.3 is 0 Å². The van der Waals surface area contributed by atoms with Gasteiger partial charge in [-0.05, 0) is 34.8 Å². The highest BCUT2D eigenvalue weighted by Gasteiger charge is 2.46. The average molecular weight is 274 g/mol. The normalized spacial score (nSPS) is 17.0. The van der Waals surface area contributed by atoms with Crippen molar-refractivity contribution in [1.82, 2.24) is 0 Å². The molecule has 1 fully saturated rings. The topological polar surface area (TPSA) is 29.4 Å². The summed E-state index contributed by atoms with van der Waals surface area (Å²) in [5, 5.41) is 0. The predicted octanol–water partition coefficient (Wildman–Crippen LogP) is 3.05. The summed E-state index contributed by atoms with van der Waals surface area (Å²) in [7, 11) is 0. The molecule has 0 heterocycles. The molecule has 1 saturated carbocycles. The number of carbonyl (C=O) groups excluding carboxylic acids is 1. The summed E-state index contributed by atoms with van der Waals surface area (Å²) in [6.45, 7) is 0. The molecule has 0 saturated heterocycles. The molecule has 0 unspecified atom stereocenters. The van der Waals surface area contributed by atoms with Gasteiger partial charge >= 0.3 is 0 Å². The van der Waals surface area contributed by atoms with Gasteiger partial charge in [0.2, 0.25) is 6.08 Å². The summed E-state index contributed by atoms with van der Waals surface area (Å²) in [5.74, 6) is -1.35. The van der Waals surface area contributed by atoms with Gasteiger partial charge in [0.25, 0.3) is 0 Å². The third-order valence-corrected chi connectivity index (χ3v) is 3.28. The van der Waals surface area contributed by atoms with E-state index in [1.165, 1.54) is 12.1 Å². The Labute approximate surface area is 93.1 Å². The molecule has 0 spiro atoms. The number of nitrogens with zero attached hydrogens (tertiary/aromatic N) is 1. The lowest BCUT2D eigenvalue weighted by molar-refractivity contribution is 0.549. The van der Waals surface area contributed by atoms with Gasteiger partial charge in [0.1, 0.15) is 11.6 Å². The van der Waals surface area contributed by atoms with Gasteiger partial charge in [-0.15, -0.1) is 0 Å². The highest BCUT2D eigenvalue weighted by atomic mass is 79.9. The first-order valence-corrected chi connectivity index (χ1v) is 5.12. The molecule has 1 aromatic rings. The molecule has 0 atom stereocenters. The molecule has 0 amide bonds. The third kappa shape index (κ3) is 1.73. The minimum absolute atomic E-state index is 0.167. The van der Waals surface area contributed by atoms with Crippen molar-refractivity contribution in [2.24, 2.45) is 4.99 Å². The van der Waals surface area contributed by atoms with Gasteiger partial charge in [-0.1, -0.05) is 0 Å². The lowest BCUT2D eigenvalue weighted by Crippen LogP contribution is -2.05. The molecule has 2 rings (SSSR count). The Balaban J connectivity index is 2.57. The van der Waals surface area contributed by atoms with Crippen LogP contribution >= 0.6 is 15.9 Å². The van der Waals surface area contributed by atoms with Gasteiger partial charge in [0.15, 0.2) is 0 Å². The number of hydrogen-bond donors (Lipinski definition) is 0. The van der Waals surface area contributed by atoms with Crippen LogP contribution in [0.25, 0.3) is 0 Å². The van der Waals surface area contributed by atoms with Crippen LogP contribution in [0.2, 0.25) is 0 Å². The van der Waals surface area contributed by atoms with Crippen molar-refractivity contribution in [3.05, 3.63) is 33.8 Å². The van der Waals surface area contributed by atoms with Crippen molar-refractivity contribution in [2.75, 3.05) is 0 Å². The predicted molar refractivity (Wildman–Crippen MR) is 53.1 cm³/mol. The second kappa shape index (κ2) is 3.51. The van der Waals surface area contributed by atoms with E-state index in [0.717, 1.165) is 6.07 Å². The SMILES string of the molecule is O=C=NC1(c2cc(F)cc(F)c2Br)CC1. The quantitative estimate of drug-likeness (QED) is 0.463. The fourth-order valence-electron chi connectivity index (χ4n) is 1.54. The van der Waals surface area contributed by atoms with Crippen LogP contribution in [0, 0.1) is 11.6 Å². The molecule has 0 bridgehead atoms. The fourth-order valence-corrected chi connectivity index (χ4v) is 2.14. The molecule has 0 N–H and O–H groups in total. The zero-order chi connectivity index (χ0) is 11.1. The largest absolute Gasteiger partial charge is 0.235 e. The molecule has 1 aliphatic rings. The van der Waals surface area contributed by atoms with E-state index in [9.17, 15) is 13.6 Å². The molecule has 0 aliphatic heterocycles. The Morgan fingerprint density at radius 1 is 1.40 bits per heavy atom.